The van der Waals surface area contributed by atoms with Gasteiger partial charge >= 0.3 is 0 Å². The molecule has 2 fully saturated rings. The van der Waals surface area contributed by atoms with Gasteiger partial charge in [-0.15, -0.1) is 12.4 Å². The lowest BCUT2D eigenvalue weighted by molar-refractivity contribution is -0.126. The predicted octanol–water partition coefficient (Wildman–Crippen LogP) is 2.22. The zero-order chi connectivity index (χ0) is 13.3. The first kappa shape index (κ1) is 15.1. The highest BCUT2D eigenvalue weighted by molar-refractivity contribution is 6.00. The minimum atomic E-state index is -0.106. The monoisotopic (exact) mass is 296 g/mol. The summed E-state index contributed by atoms with van der Waals surface area (Å²) in [5, 5.41) is 3.34. The molecule has 2 saturated heterocycles. The molecule has 2 heterocycles. The quantitative estimate of drug-likeness (QED) is 0.910. The maximum atomic E-state index is 12.7. The third-order valence-electron chi connectivity index (χ3n) is 4.46. The summed E-state index contributed by atoms with van der Waals surface area (Å²) in [4.78, 5) is 14.6. The maximum absolute atomic E-state index is 12.7. The fourth-order valence-corrected chi connectivity index (χ4v) is 3.20. The number of piperidine rings is 1. The summed E-state index contributed by atoms with van der Waals surface area (Å²) in [6.07, 6.45) is 2.93. The Bertz CT molecular complexity index is 469. The van der Waals surface area contributed by atoms with E-state index < -0.39 is 0 Å². The van der Waals surface area contributed by atoms with Gasteiger partial charge in [0, 0.05) is 12.2 Å². The Morgan fingerprint density at radius 3 is 2.40 bits per heavy atom. The van der Waals surface area contributed by atoms with E-state index in [1.165, 1.54) is 0 Å². The summed E-state index contributed by atoms with van der Waals surface area (Å²) < 4.78 is 5.16. The van der Waals surface area contributed by atoms with E-state index in [0.29, 0.717) is 5.91 Å². The Morgan fingerprint density at radius 1 is 1.15 bits per heavy atom. The normalized spacial score (nSPS) is 20.9. The van der Waals surface area contributed by atoms with Crippen LogP contribution >= 0.6 is 12.4 Å². The van der Waals surface area contributed by atoms with E-state index in [9.17, 15) is 4.79 Å². The molecule has 2 aliphatic rings. The number of carbonyl (C=O) groups is 1. The first-order valence-electron chi connectivity index (χ1n) is 6.92. The number of nitrogens with zero attached hydrogens (tertiary/aromatic N) is 1. The molecule has 5 heteroatoms. The number of halogens is 1. The molecule has 0 bridgehead atoms. The number of methoxy groups -OCH3 is 1. The Morgan fingerprint density at radius 2 is 1.80 bits per heavy atom. The zero-order valence-electron chi connectivity index (χ0n) is 11.7. The first-order chi connectivity index (χ1) is 9.25. The van der Waals surface area contributed by atoms with Gasteiger partial charge in [0.15, 0.2) is 0 Å². The van der Waals surface area contributed by atoms with Crippen LogP contribution in [0.3, 0.4) is 0 Å². The molecule has 3 rings (SSSR count). The molecule has 0 saturated carbocycles. The van der Waals surface area contributed by atoms with Crippen LogP contribution in [0, 0.1) is 5.41 Å². The van der Waals surface area contributed by atoms with Crippen LogP contribution in [0.1, 0.15) is 19.3 Å². The summed E-state index contributed by atoms with van der Waals surface area (Å²) >= 11 is 0. The second-order valence-corrected chi connectivity index (χ2v) is 5.44. The van der Waals surface area contributed by atoms with Crippen molar-refractivity contribution in [1.29, 1.82) is 0 Å². The van der Waals surface area contributed by atoms with Crippen molar-refractivity contribution in [2.75, 3.05) is 31.6 Å². The van der Waals surface area contributed by atoms with Crippen LogP contribution in [-0.4, -0.2) is 32.7 Å². The van der Waals surface area contributed by atoms with Crippen LogP contribution in [0.4, 0.5) is 5.69 Å². The third kappa shape index (κ3) is 2.50. The molecule has 1 amide bonds. The number of benzene rings is 1. The van der Waals surface area contributed by atoms with Gasteiger partial charge in [0.1, 0.15) is 5.75 Å². The summed E-state index contributed by atoms with van der Waals surface area (Å²) in [5.74, 6) is 1.13. The average Bonchev–Trinajstić information content (AvgIpc) is 2.77. The lowest BCUT2D eigenvalue weighted by Gasteiger charge is -2.32. The molecule has 20 heavy (non-hydrogen) atoms. The van der Waals surface area contributed by atoms with Gasteiger partial charge in [-0.25, -0.2) is 0 Å². The zero-order valence-corrected chi connectivity index (χ0v) is 12.5. The van der Waals surface area contributed by atoms with Crippen molar-refractivity contribution < 1.29 is 9.53 Å². The molecule has 1 N–H and O–H groups in total. The minimum Gasteiger partial charge on any atom is -0.497 e. The average molecular weight is 297 g/mol. The van der Waals surface area contributed by atoms with Crippen LogP contribution < -0.4 is 15.0 Å². The largest absolute Gasteiger partial charge is 0.497 e. The summed E-state index contributed by atoms with van der Waals surface area (Å²) in [6.45, 7) is 2.76. The fourth-order valence-electron chi connectivity index (χ4n) is 3.20. The van der Waals surface area contributed by atoms with Crippen LogP contribution in [-0.2, 0) is 4.79 Å². The second-order valence-electron chi connectivity index (χ2n) is 5.44. The Kier molecular flexibility index (Phi) is 4.55. The van der Waals surface area contributed by atoms with Gasteiger partial charge in [-0.05, 0) is 56.6 Å². The second kappa shape index (κ2) is 6.02. The molecule has 2 aliphatic heterocycles. The summed E-state index contributed by atoms with van der Waals surface area (Å²) in [5.41, 5.74) is 0.881. The van der Waals surface area contributed by atoms with E-state index in [0.717, 1.165) is 50.3 Å². The molecule has 1 aromatic rings. The number of amides is 1. The number of carbonyl (C=O) groups excluding carboxylic acids is 1. The van der Waals surface area contributed by atoms with Crippen molar-refractivity contribution in [3.8, 4) is 5.75 Å². The van der Waals surface area contributed by atoms with Crippen LogP contribution in [0.15, 0.2) is 24.3 Å². The van der Waals surface area contributed by atoms with Crippen LogP contribution in [0.25, 0.3) is 0 Å². The van der Waals surface area contributed by atoms with Crippen molar-refractivity contribution >= 4 is 24.0 Å². The first-order valence-corrected chi connectivity index (χ1v) is 6.92. The predicted molar refractivity (Wildman–Crippen MR) is 81.7 cm³/mol. The van der Waals surface area contributed by atoms with Crippen molar-refractivity contribution in [3.05, 3.63) is 24.3 Å². The number of hydrogen-bond donors (Lipinski definition) is 1. The number of rotatable bonds is 2. The third-order valence-corrected chi connectivity index (χ3v) is 4.46. The van der Waals surface area contributed by atoms with Crippen LogP contribution in [0.5, 0.6) is 5.75 Å². The van der Waals surface area contributed by atoms with Gasteiger partial charge in [0.25, 0.3) is 0 Å². The van der Waals surface area contributed by atoms with Crippen molar-refractivity contribution in [1.82, 2.24) is 5.32 Å². The van der Waals surface area contributed by atoms with Crippen LogP contribution in [0.2, 0.25) is 0 Å². The van der Waals surface area contributed by atoms with Gasteiger partial charge in [-0.2, -0.15) is 0 Å². The molecule has 0 unspecified atom stereocenters. The Balaban J connectivity index is 0.00000147. The minimum absolute atomic E-state index is 0. The van der Waals surface area contributed by atoms with Gasteiger partial charge in [-0.3, -0.25) is 4.79 Å². The lowest BCUT2D eigenvalue weighted by Crippen LogP contribution is -2.42. The van der Waals surface area contributed by atoms with E-state index in [4.69, 9.17) is 4.74 Å². The van der Waals surface area contributed by atoms with Crippen molar-refractivity contribution in [2.45, 2.75) is 19.3 Å². The summed E-state index contributed by atoms with van der Waals surface area (Å²) in [7, 11) is 1.65. The van der Waals surface area contributed by atoms with E-state index >= 15 is 0 Å². The topological polar surface area (TPSA) is 41.6 Å². The lowest BCUT2D eigenvalue weighted by atomic mass is 9.78. The molecule has 0 radical (unpaired) electrons. The van der Waals surface area contributed by atoms with Crippen molar-refractivity contribution in [2.24, 2.45) is 5.41 Å². The van der Waals surface area contributed by atoms with Gasteiger partial charge in [0.05, 0.1) is 12.5 Å². The Labute approximate surface area is 125 Å². The van der Waals surface area contributed by atoms with E-state index in [1.54, 1.807) is 7.11 Å². The fraction of sp³-hybridized carbons (Fsp3) is 0.533. The highest BCUT2D eigenvalue weighted by atomic mass is 35.5. The standard InChI is InChI=1S/C15H20N2O2.ClH/c1-19-13-4-2-12(3-5-13)17-11-8-15(14(17)18)6-9-16-10-7-15;/h2-5,16H,6-11H2,1H3;1H. The number of nitrogens with one attached hydrogen (secondary N) is 1. The van der Waals surface area contributed by atoms with Gasteiger partial charge < -0.3 is 15.0 Å². The summed E-state index contributed by atoms with van der Waals surface area (Å²) in [6, 6.07) is 7.76. The number of hydrogen-bond acceptors (Lipinski definition) is 3. The number of anilines is 1. The molecular weight excluding hydrogens is 276 g/mol. The van der Waals surface area contributed by atoms with Gasteiger partial charge in [0.2, 0.25) is 5.91 Å². The number of ether oxygens (including phenoxy) is 1. The molecule has 0 aliphatic carbocycles. The van der Waals surface area contributed by atoms with Crippen molar-refractivity contribution in [3.63, 3.8) is 0 Å². The van der Waals surface area contributed by atoms with E-state index in [1.807, 2.05) is 29.2 Å². The molecule has 1 aromatic carbocycles. The molecule has 1 spiro atoms. The smallest absolute Gasteiger partial charge is 0.233 e. The highest BCUT2D eigenvalue weighted by Crippen LogP contribution is 2.41. The van der Waals surface area contributed by atoms with E-state index in [-0.39, 0.29) is 17.8 Å². The SMILES string of the molecule is COc1ccc(N2CCC3(CCNCC3)C2=O)cc1.Cl. The molecule has 4 nitrogen and oxygen atoms in total. The molecular formula is C15H21ClN2O2. The molecule has 0 atom stereocenters. The van der Waals surface area contributed by atoms with Gasteiger partial charge in [-0.1, -0.05) is 0 Å². The Hall–Kier alpha value is -1.26. The molecule has 0 aromatic heterocycles. The highest BCUT2D eigenvalue weighted by Gasteiger charge is 2.47. The maximum Gasteiger partial charge on any atom is 0.233 e. The van der Waals surface area contributed by atoms with E-state index in [2.05, 4.69) is 5.32 Å². The molecule has 110 valence electrons.